The van der Waals surface area contributed by atoms with Crippen LogP contribution in [-0.2, 0) is 22.7 Å². The quantitative estimate of drug-likeness (QED) is 0.176. The SMILES string of the molecule is CC(=O)Oc1ccc(CNC(=O)CCCn2c(C)nc3cc(C(=O)Nc4nc(-c5ccccn5)cs4)ccc32)cc1. The number of rotatable bonds is 10. The van der Waals surface area contributed by atoms with Crippen molar-refractivity contribution in [3.8, 4) is 17.1 Å². The zero-order valence-electron chi connectivity index (χ0n) is 22.6. The maximum atomic E-state index is 12.9. The maximum Gasteiger partial charge on any atom is 0.308 e. The van der Waals surface area contributed by atoms with Crippen molar-refractivity contribution >= 4 is 45.3 Å². The molecule has 2 aromatic carbocycles. The highest BCUT2D eigenvalue weighted by molar-refractivity contribution is 7.14. The van der Waals surface area contributed by atoms with Crippen LogP contribution >= 0.6 is 11.3 Å². The highest BCUT2D eigenvalue weighted by Crippen LogP contribution is 2.24. The summed E-state index contributed by atoms with van der Waals surface area (Å²) < 4.78 is 7.08. The molecule has 41 heavy (non-hydrogen) atoms. The van der Waals surface area contributed by atoms with Gasteiger partial charge in [-0.1, -0.05) is 18.2 Å². The molecule has 5 rings (SSSR count). The highest BCUT2D eigenvalue weighted by Gasteiger charge is 2.14. The molecule has 11 heteroatoms. The summed E-state index contributed by atoms with van der Waals surface area (Å²) in [6.07, 6.45) is 2.70. The Bertz CT molecular complexity index is 1700. The Hall–Kier alpha value is -4.90. The van der Waals surface area contributed by atoms with Crippen molar-refractivity contribution in [2.24, 2.45) is 0 Å². The smallest absolute Gasteiger partial charge is 0.308 e. The minimum Gasteiger partial charge on any atom is -0.427 e. The average Bonchev–Trinajstić information content (AvgIpc) is 3.56. The number of pyridine rings is 1. The fourth-order valence-electron chi connectivity index (χ4n) is 4.33. The van der Waals surface area contributed by atoms with Crippen molar-refractivity contribution in [2.75, 3.05) is 5.32 Å². The number of aryl methyl sites for hydroxylation is 2. The molecule has 2 amide bonds. The van der Waals surface area contributed by atoms with Gasteiger partial charge in [0.1, 0.15) is 17.3 Å². The van der Waals surface area contributed by atoms with E-state index in [0.29, 0.717) is 53.6 Å². The van der Waals surface area contributed by atoms with Crippen molar-refractivity contribution in [2.45, 2.75) is 39.8 Å². The summed E-state index contributed by atoms with van der Waals surface area (Å²) in [5.41, 5.74) is 4.46. The number of fused-ring (bicyclic) bond motifs is 1. The summed E-state index contributed by atoms with van der Waals surface area (Å²) in [7, 11) is 0. The summed E-state index contributed by atoms with van der Waals surface area (Å²) in [6.45, 7) is 4.27. The van der Waals surface area contributed by atoms with E-state index in [4.69, 9.17) is 4.74 Å². The lowest BCUT2D eigenvalue weighted by Gasteiger charge is -2.09. The van der Waals surface area contributed by atoms with E-state index in [-0.39, 0.29) is 17.8 Å². The molecule has 0 saturated heterocycles. The molecule has 10 nitrogen and oxygen atoms in total. The monoisotopic (exact) mass is 568 g/mol. The highest BCUT2D eigenvalue weighted by atomic mass is 32.1. The number of imidazole rings is 1. The fourth-order valence-corrected chi connectivity index (χ4v) is 5.03. The van der Waals surface area contributed by atoms with E-state index in [1.807, 2.05) is 48.7 Å². The molecule has 0 radical (unpaired) electrons. The van der Waals surface area contributed by atoms with Crippen molar-refractivity contribution in [3.63, 3.8) is 0 Å². The minimum atomic E-state index is -0.375. The Morgan fingerprint density at radius 2 is 1.83 bits per heavy atom. The fraction of sp³-hybridized carbons (Fsp3) is 0.200. The van der Waals surface area contributed by atoms with Crippen LogP contribution in [0.3, 0.4) is 0 Å². The first-order valence-electron chi connectivity index (χ1n) is 13.0. The number of carbonyl (C=O) groups excluding carboxylic acids is 3. The molecule has 3 aromatic heterocycles. The lowest BCUT2D eigenvalue weighted by molar-refractivity contribution is -0.131. The second-order valence-electron chi connectivity index (χ2n) is 9.34. The van der Waals surface area contributed by atoms with Crippen LogP contribution in [-0.4, -0.2) is 37.3 Å². The van der Waals surface area contributed by atoms with Gasteiger partial charge < -0.3 is 14.6 Å². The van der Waals surface area contributed by atoms with Crippen LogP contribution in [0, 0.1) is 6.92 Å². The number of nitrogens with one attached hydrogen (secondary N) is 2. The van der Waals surface area contributed by atoms with Gasteiger partial charge >= 0.3 is 5.97 Å². The summed E-state index contributed by atoms with van der Waals surface area (Å²) in [4.78, 5) is 49.7. The van der Waals surface area contributed by atoms with E-state index >= 15 is 0 Å². The third kappa shape index (κ3) is 7.00. The number of esters is 1. The molecule has 0 spiro atoms. The van der Waals surface area contributed by atoms with Crippen LogP contribution in [0.4, 0.5) is 5.13 Å². The van der Waals surface area contributed by atoms with E-state index in [2.05, 4.69) is 30.2 Å². The molecule has 3 heterocycles. The number of hydrogen-bond donors (Lipinski definition) is 2. The lowest BCUT2D eigenvalue weighted by atomic mass is 10.2. The summed E-state index contributed by atoms with van der Waals surface area (Å²) >= 11 is 1.34. The number of thiazole rings is 1. The molecular weight excluding hydrogens is 540 g/mol. The van der Waals surface area contributed by atoms with Crippen LogP contribution in [0.1, 0.15) is 41.5 Å². The van der Waals surface area contributed by atoms with Crippen LogP contribution in [0.2, 0.25) is 0 Å². The van der Waals surface area contributed by atoms with Crippen molar-refractivity contribution in [3.05, 3.63) is 89.2 Å². The Morgan fingerprint density at radius 1 is 1.00 bits per heavy atom. The van der Waals surface area contributed by atoms with Crippen molar-refractivity contribution in [1.82, 2.24) is 24.8 Å². The number of amides is 2. The Morgan fingerprint density at radius 3 is 2.59 bits per heavy atom. The molecule has 0 bridgehead atoms. The van der Waals surface area contributed by atoms with E-state index in [0.717, 1.165) is 22.6 Å². The average molecular weight is 569 g/mol. The van der Waals surface area contributed by atoms with Gasteiger partial charge in [-0.05, 0) is 61.4 Å². The van der Waals surface area contributed by atoms with Crippen molar-refractivity contribution < 1.29 is 19.1 Å². The van der Waals surface area contributed by atoms with E-state index < -0.39 is 0 Å². The van der Waals surface area contributed by atoms with Gasteiger partial charge in [0.15, 0.2) is 5.13 Å². The number of ether oxygens (including phenoxy) is 1. The zero-order chi connectivity index (χ0) is 28.8. The molecule has 0 aliphatic rings. The standard InChI is InChI=1S/C30H28N6O4S/c1-19-33-25-16-22(29(39)35-30-34-26(18-41-30)24-6-3-4-14-31-24)10-13-27(25)36(19)15-5-7-28(38)32-17-21-8-11-23(12-9-21)40-20(2)37/h3-4,6,8-14,16,18H,5,7,15,17H2,1-2H3,(H,32,38)(H,34,35,39). The number of benzene rings is 2. The third-order valence-electron chi connectivity index (χ3n) is 6.31. The Kier molecular flexibility index (Phi) is 8.44. The van der Waals surface area contributed by atoms with Gasteiger partial charge in [0.2, 0.25) is 5.91 Å². The summed E-state index contributed by atoms with van der Waals surface area (Å²) in [6, 6.07) is 18.0. The Labute approximate surface area is 240 Å². The van der Waals surface area contributed by atoms with Gasteiger partial charge in [-0.2, -0.15) is 0 Å². The summed E-state index contributed by atoms with van der Waals surface area (Å²) in [5.74, 6) is 0.589. The molecule has 208 valence electrons. The van der Waals surface area contributed by atoms with Gasteiger partial charge in [-0.3, -0.25) is 24.7 Å². The van der Waals surface area contributed by atoms with Gasteiger partial charge in [-0.25, -0.2) is 9.97 Å². The van der Waals surface area contributed by atoms with Gasteiger partial charge in [0, 0.05) is 43.6 Å². The zero-order valence-corrected chi connectivity index (χ0v) is 23.4. The topological polar surface area (TPSA) is 128 Å². The second kappa shape index (κ2) is 12.5. The number of anilines is 1. The molecule has 0 aliphatic heterocycles. The van der Waals surface area contributed by atoms with Crippen LogP contribution < -0.4 is 15.4 Å². The molecular formula is C30H28N6O4S. The van der Waals surface area contributed by atoms with Crippen LogP contribution in [0.5, 0.6) is 5.75 Å². The van der Waals surface area contributed by atoms with E-state index in [1.54, 1.807) is 30.5 Å². The predicted molar refractivity (Wildman–Crippen MR) is 157 cm³/mol. The minimum absolute atomic E-state index is 0.0523. The first kappa shape index (κ1) is 27.7. The molecule has 0 unspecified atom stereocenters. The number of nitrogens with zero attached hydrogens (tertiary/aromatic N) is 4. The molecule has 0 aliphatic carbocycles. The number of hydrogen-bond acceptors (Lipinski definition) is 8. The first-order chi connectivity index (χ1) is 19.9. The predicted octanol–water partition coefficient (Wildman–Crippen LogP) is 5.14. The van der Waals surface area contributed by atoms with Gasteiger partial charge in [0.05, 0.1) is 16.7 Å². The number of aromatic nitrogens is 4. The molecule has 0 fully saturated rings. The van der Waals surface area contributed by atoms with Gasteiger partial charge in [-0.15, -0.1) is 11.3 Å². The van der Waals surface area contributed by atoms with E-state index in [9.17, 15) is 14.4 Å². The molecule has 0 atom stereocenters. The van der Waals surface area contributed by atoms with Crippen LogP contribution in [0.15, 0.2) is 72.2 Å². The van der Waals surface area contributed by atoms with Crippen molar-refractivity contribution in [1.29, 1.82) is 0 Å². The van der Waals surface area contributed by atoms with E-state index in [1.165, 1.54) is 18.3 Å². The first-order valence-corrected chi connectivity index (χ1v) is 13.9. The lowest BCUT2D eigenvalue weighted by Crippen LogP contribution is -2.22. The normalized spacial score (nSPS) is 10.9. The van der Waals surface area contributed by atoms with Crippen LogP contribution in [0.25, 0.3) is 22.4 Å². The maximum absolute atomic E-state index is 12.9. The molecule has 0 saturated carbocycles. The number of carbonyl (C=O) groups is 3. The second-order valence-corrected chi connectivity index (χ2v) is 10.2. The molecule has 5 aromatic rings. The molecule has 2 N–H and O–H groups in total. The van der Waals surface area contributed by atoms with Gasteiger partial charge in [0.25, 0.3) is 5.91 Å². The summed E-state index contributed by atoms with van der Waals surface area (Å²) in [5, 5.41) is 8.13. The third-order valence-corrected chi connectivity index (χ3v) is 7.07. The Balaban J connectivity index is 1.14. The largest absolute Gasteiger partial charge is 0.427 e.